The molecule has 0 aliphatic carbocycles. The Morgan fingerprint density at radius 2 is 2.23 bits per heavy atom. The Balaban J connectivity index is 2.27. The van der Waals surface area contributed by atoms with Crippen molar-refractivity contribution in [1.82, 2.24) is 10.2 Å². The molecule has 0 spiro atoms. The number of hydrogen-bond acceptors (Lipinski definition) is 4. The minimum absolute atomic E-state index is 0.0779. The number of aromatic nitrogens is 2. The summed E-state index contributed by atoms with van der Waals surface area (Å²) in [5, 5.41) is 16.2. The van der Waals surface area contributed by atoms with E-state index in [1.54, 1.807) is 0 Å². The monoisotopic (exact) mass is 302 g/mol. The van der Waals surface area contributed by atoms with Crippen molar-refractivity contribution in [2.75, 3.05) is 0 Å². The van der Waals surface area contributed by atoms with Gasteiger partial charge in [-0.15, -0.1) is 5.10 Å². The van der Waals surface area contributed by atoms with Crippen LogP contribution in [0.15, 0.2) is 29.7 Å². The maximum absolute atomic E-state index is 14.2. The zero-order valence-electron chi connectivity index (χ0n) is 11.7. The standard InChI is InChI=1S/C15H12F2N4O/c1-2-11-13-12(8-4-3-7(16)5-10(8)17)9(6-18)14(19)22-15(13)21-20-11/h3-5,12H,2,19H2,1H3,(H,20,21). The third-order valence-corrected chi connectivity index (χ3v) is 3.64. The van der Waals surface area contributed by atoms with Crippen molar-refractivity contribution in [3.05, 3.63) is 58.1 Å². The second-order valence-corrected chi connectivity index (χ2v) is 4.87. The maximum atomic E-state index is 14.2. The second kappa shape index (κ2) is 5.15. The molecule has 1 aliphatic rings. The van der Waals surface area contributed by atoms with Crippen molar-refractivity contribution in [2.24, 2.45) is 5.73 Å². The molecule has 0 saturated carbocycles. The third kappa shape index (κ3) is 2.00. The lowest BCUT2D eigenvalue weighted by molar-refractivity contribution is 0.377. The lowest BCUT2D eigenvalue weighted by Gasteiger charge is -2.24. The predicted molar refractivity (Wildman–Crippen MR) is 73.6 cm³/mol. The summed E-state index contributed by atoms with van der Waals surface area (Å²) in [6, 6.07) is 5.18. The summed E-state index contributed by atoms with van der Waals surface area (Å²) in [5.41, 5.74) is 7.25. The van der Waals surface area contributed by atoms with E-state index in [-0.39, 0.29) is 22.9 Å². The fourth-order valence-corrected chi connectivity index (χ4v) is 2.62. The van der Waals surface area contributed by atoms with Gasteiger partial charge in [-0.05, 0) is 12.5 Å². The maximum Gasteiger partial charge on any atom is 0.244 e. The SMILES string of the molecule is CCc1[nH]nc2c1C(c1ccc(F)cc1F)C(C#N)=C(N)O2. The van der Waals surface area contributed by atoms with Crippen LogP contribution in [0.3, 0.4) is 0 Å². The van der Waals surface area contributed by atoms with Gasteiger partial charge in [-0.1, -0.05) is 13.0 Å². The molecule has 0 amide bonds. The Hall–Kier alpha value is -2.88. The zero-order chi connectivity index (χ0) is 15.9. The minimum atomic E-state index is -0.775. The normalized spacial score (nSPS) is 16.9. The van der Waals surface area contributed by atoms with Gasteiger partial charge in [0.2, 0.25) is 11.8 Å². The number of ether oxygens (including phenoxy) is 1. The van der Waals surface area contributed by atoms with Gasteiger partial charge in [-0.3, -0.25) is 5.10 Å². The molecule has 0 radical (unpaired) electrons. The number of fused-ring (bicyclic) bond motifs is 1. The Kier molecular flexibility index (Phi) is 3.29. The quantitative estimate of drug-likeness (QED) is 0.892. The van der Waals surface area contributed by atoms with Gasteiger partial charge in [0, 0.05) is 17.3 Å². The number of benzene rings is 1. The number of nitrogens with two attached hydrogens (primary N) is 1. The molecule has 5 nitrogen and oxygen atoms in total. The Bertz CT molecular complexity index is 819. The van der Waals surface area contributed by atoms with Crippen molar-refractivity contribution in [2.45, 2.75) is 19.3 Å². The van der Waals surface area contributed by atoms with Crippen LogP contribution >= 0.6 is 0 Å². The predicted octanol–water partition coefficient (Wildman–Crippen LogP) is 2.47. The van der Waals surface area contributed by atoms with Crippen LogP contribution in [0.4, 0.5) is 8.78 Å². The highest BCUT2D eigenvalue weighted by molar-refractivity contribution is 5.55. The number of hydrogen-bond donors (Lipinski definition) is 2. The van der Waals surface area contributed by atoms with Gasteiger partial charge < -0.3 is 10.5 Å². The second-order valence-electron chi connectivity index (χ2n) is 4.87. The highest BCUT2D eigenvalue weighted by atomic mass is 19.1. The number of nitrogens with zero attached hydrogens (tertiary/aromatic N) is 2. The first kappa shape index (κ1) is 14.1. The highest BCUT2D eigenvalue weighted by Gasteiger charge is 2.36. The molecule has 1 aromatic carbocycles. The van der Waals surface area contributed by atoms with Crippen LogP contribution in [0.25, 0.3) is 0 Å². The molecule has 112 valence electrons. The van der Waals surface area contributed by atoms with E-state index >= 15 is 0 Å². The first-order valence-corrected chi connectivity index (χ1v) is 6.66. The van der Waals surface area contributed by atoms with Crippen molar-refractivity contribution in [3.8, 4) is 11.9 Å². The summed E-state index contributed by atoms with van der Waals surface area (Å²) in [6.45, 7) is 1.89. The third-order valence-electron chi connectivity index (χ3n) is 3.64. The molecule has 1 aliphatic heterocycles. The Labute approximate surface area is 125 Å². The summed E-state index contributed by atoms with van der Waals surface area (Å²) in [7, 11) is 0. The van der Waals surface area contributed by atoms with Crippen LogP contribution in [0, 0.1) is 23.0 Å². The zero-order valence-corrected chi connectivity index (χ0v) is 11.7. The smallest absolute Gasteiger partial charge is 0.244 e. The van der Waals surface area contributed by atoms with Gasteiger partial charge in [0.25, 0.3) is 0 Å². The van der Waals surface area contributed by atoms with E-state index < -0.39 is 17.6 Å². The molecule has 1 unspecified atom stereocenters. The van der Waals surface area contributed by atoms with Gasteiger partial charge in [0.05, 0.1) is 11.5 Å². The van der Waals surface area contributed by atoms with Crippen LogP contribution < -0.4 is 10.5 Å². The summed E-state index contributed by atoms with van der Waals surface area (Å²) < 4.78 is 32.7. The van der Waals surface area contributed by atoms with Crippen molar-refractivity contribution in [1.29, 1.82) is 5.26 Å². The summed E-state index contributed by atoms with van der Waals surface area (Å²) in [5.74, 6) is -2.13. The van der Waals surface area contributed by atoms with E-state index in [0.29, 0.717) is 17.7 Å². The molecule has 22 heavy (non-hydrogen) atoms. The van der Waals surface area contributed by atoms with Crippen molar-refractivity contribution < 1.29 is 13.5 Å². The van der Waals surface area contributed by atoms with Crippen LogP contribution in [0.5, 0.6) is 5.88 Å². The number of aromatic amines is 1. The Morgan fingerprint density at radius 3 is 2.86 bits per heavy atom. The van der Waals surface area contributed by atoms with E-state index in [4.69, 9.17) is 10.5 Å². The lowest BCUT2D eigenvalue weighted by Crippen LogP contribution is -2.22. The summed E-state index contributed by atoms with van der Waals surface area (Å²) >= 11 is 0. The molecule has 3 N–H and O–H groups in total. The molecule has 0 fully saturated rings. The molecule has 1 aromatic heterocycles. The minimum Gasteiger partial charge on any atom is -0.420 e. The molecule has 0 bridgehead atoms. The van der Waals surface area contributed by atoms with Crippen LogP contribution in [-0.2, 0) is 6.42 Å². The van der Waals surface area contributed by atoms with Crippen LogP contribution in [0.2, 0.25) is 0 Å². The number of rotatable bonds is 2. The first-order valence-electron chi connectivity index (χ1n) is 6.66. The van der Waals surface area contributed by atoms with E-state index in [2.05, 4.69) is 10.2 Å². The number of allylic oxidation sites excluding steroid dienone is 1. The van der Waals surface area contributed by atoms with E-state index in [1.807, 2.05) is 13.0 Å². The van der Waals surface area contributed by atoms with Gasteiger partial charge >= 0.3 is 0 Å². The summed E-state index contributed by atoms with van der Waals surface area (Å²) in [6.07, 6.45) is 0.587. The molecule has 7 heteroatoms. The largest absolute Gasteiger partial charge is 0.420 e. The number of aryl methyl sites for hydroxylation is 1. The Morgan fingerprint density at radius 1 is 1.45 bits per heavy atom. The van der Waals surface area contributed by atoms with Gasteiger partial charge in [0.15, 0.2) is 0 Å². The van der Waals surface area contributed by atoms with E-state index in [9.17, 15) is 14.0 Å². The number of halogens is 2. The van der Waals surface area contributed by atoms with E-state index in [0.717, 1.165) is 12.1 Å². The van der Waals surface area contributed by atoms with Crippen molar-refractivity contribution >= 4 is 0 Å². The van der Waals surface area contributed by atoms with Crippen LogP contribution in [-0.4, -0.2) is 10.2 Å². The topological polar surface area (TPSA) is 87.7 Å². The molecule has 1 atom stereocenters. The lowest BCUT2D eigenvalue weighted by atomic mass is 9.83. The average Bonchev–Trinajstić information content (AvgIpc) is 2.88. The van der Waals surface area contributed by atoms with Crippen molar-refractivity contribution in [3.63, 3.8) is 0 Å². The fraction of sp³-hybridized carbons (Fsp3) is 0.200. The molecular weight excluding hydrogens is 290 g/mol. The van der Waals surface area contributed by atoms with Gasteiger partial charge in [0.1, 0.15) is 23.3 Å². The number of nitrogens with one attached hydrogen (secondary N) is 1. The van der Waals surface area contributed by atoms with E-state index in [1.165, 1.54) is 6.07 Å². The first-order chi connectivity index (χ1) is 10.6. The molecule has 2 heterocycles. The molecule has 2 aromatic rings. The molecule has 3 rings (SSSR count). The average molecular weight is 302 g/mol. The number of H-pyrrole nitrogens is 1. The summed E-state index contributed by atoms with van der Waals surface area (Å²) in [4.78, 5) is 0. The molecule has 0 saturated heterocycles. The fourth-order valence-electron chi connectivity index (χ4n) is 2.62. The van der Waals surface area contributed by atoms with Gasteiger partial charge in [-0.2, -0.15) is 5.26 Å². The molecular formula is C15H12F2N4O. The van der Waals surface area contributed by atoms with Gasteiger partial charge in [-0.25, -0.2) is 8.78 Å². The van der Waals surface area contributed by atoms with Crippen LogP contribution in [0.1, 0.15) is 29.7 Å². The number of nitriles is 1. The highest BCUT2D eigenvalue weighted by Crippen LogP contribution is 2.43.